The summed E-state index contributed by atoms with van der Waals surface area (Å²) in [5.74, 6) is 2.58. The zero-order valence-corrected chi connectivity index (χ0v) is 15.6. The molecule has 0 bridgehead atoms. The first-order chi connectivity index (χ1) is 12.3. The molecule has 2 saturated heterocycles. The minimum absolute atomic E-state index is 0.726. The van der Waals surface area contributed by atoms with Crippen LogP contribution in [-0.4, -0.2) is 85.1 Å². The Balaban J connectivity index is 1.46. The van der Waals surface area contributed by atoms with Gasteiger partial charge in [-0.25, -0.2) is 9.97 Å². The van der Waals surface area contributed by atoms with Gasteiger partial charge in [0, 0.05) is 58.7 Å². The van der Waals surface area contributed by atoms with Crippen molar-refractivity contribution in [3.8, 4) is 0 Å². The normalized spacial score (nSPS) is 23.0. The van der Waals surface area contributed by atoms with E-state index in [1.54, 1.807) is 12.4 Å². The molecule has 2 aliphatic rings. The fourth-order valence-corrected chi connectivity index (χ4v) is 3.75. The van der Waals surface area contributed by atoms with Crippen LogP contribution in [-0.2, 0) is 0 Å². The molecular formula is C18H31N7. The van der Waals surface area contributed by atoms with E-state index < -0.39 is 0 Å². The van der Waals surface area contributed by atoms with Crippen LogP contribution in [0.2, 0.25) is 0 Å². The smallest absolute Gasteiger partial charge is 0.225 e. The molecule has 0 amide bonds. The first-order valence-electron chi connectivity index (χ1n) is 9.50. The van der Waals surface area contributed by atoms with Crippen LogP contribution in [0, 0.1) is 5.92 Å². The lowest BCUT2D eigenvalue weighted by molar-refractivity contribution is 0.182. The minimum Gasteiger partial charge on any atom is -0.356 e. The lowest BCUT2D eigenvalue weighted by Gasteiger charge is -2.37. The average Bonchev–Trinajstić information content (AvgIpc) is 2.70. The summed E-state index contributed by atoms with van der Waals surface area (Å²) in [6, 6.07) is 1.86. The Hall–Kier alpha value is -1.89. The number of hydrogen-bond acceptors (Lipinski definition) is 5. The van der Waals surface area contributed by atoms with Gasteiger partial charge in [0.25, 0.3) is 0 Å². The molecule has 0 aliphatic carbocycles. The fourth-order valence-electron chi connectivity index (χ4n) is 3.75. The maximum atomic E-state index is 4.50. The monoisotopic (exact) mass is 345 g/mol. The second-order valence-electron chi connectivity index (χ2n) is 6.85. The van der Waals surface area contributed by atoms with E-state index in [1.165, 1.54) is 25.9 Å². The van der Waals surface area contributed by atoms with Gasteiger partial charge in [0.15, 0.2) is 5.96 Å². The Morgan fingerprint density at radius 2 is 1.96 bits per heavy atom. The number of aromatic nitrogens is 2. The second-order valence-corrected chi connectivity index (χ2v) is 6.85. The van der Waals surface area contributed by atoms with E-state index in [9.17, 15) is 0 Å². The molecule has 3 rings (SSSR count). The van der Waals surface area contributed by atoms with E-state index in [2.05, 4.69) is 41.9 Å². The van der Waals surface area contributed by atoms with E-state index in [-0.39, 0.29) is 0 Å². The van der Waals surface area contributed by atoms with Crippen LogP contribution in [0.4, 0.5) is 5.95 Å². The first kappa shape index (κ1) is 17.9. The van der Waals surface area contributed by atoms with E-state index in [1.807, 2.05) is 13.1 Å². The molecule has 25 heavy (non-hydrogen) atoms. The van der Waals surface area contributed by atoms with Crippen molar-refractivity contribution >= 4 is 11.9 Å². The highest BCUT2D eigenvalue weighted by molar-refractivity contribution is 5.80. The quantitative estimate of drug-likeness (QED) is 0.646. The maximum absolute atomic E-state index is 4.50. The molecule has 1 atom stereocenters. The van der Waals surface area contributed by atoms with Gasteiger partial charge in [0.2, 0.25) is 5.95 Å². The highest BCUT2D eigenvalue weighted by Crippen LogP contribution is 2.15. The Morgan fingerprint density at radius 1 is 1.20 bits per heavy atom. The van der Waals surface area contributed by atoms with E-state index in [4.69, 9.17) is 0 Å². The number of anilines is 1. The summed E-state index contributed by atoms with van der Waals surface area (Å²) >= 11 is 0. The second kappa shape index (κ2) is 8.99. The van der Waals surface area contributed by atoms with Crippen LogP contribution in [0.3, 0.4) is 0 Å². The number of likely N-dealkylation sites (tertiary alicyclic amines) is 1. The molecule has 7 nitrogen and oxygen atoms in total. The molecule has 138 valence electrons. The van der Waals surface area contributed by atoms with Crippen molar-refractivity contribution < 1.29 is 0 Å². The van der Waals surface area contributed by atoms with Crippen molar-refractivity contribution in [2.75, 3.05) is 64.3 Å². The SMILES string of the molecule is CCN1CCCC(CNC(=NC)N2CCN(c3ncccn3)CC2)C1. The molecule has 1 aromatic rings. The highest BCUT2D eigenvalue weighted by Gasteiger charge is 2.23. The van der Waals surface area contributed by atoms with Crippen LogP contribution in [0.1, 0.15) is 19.8 Å². The van der Waals surface area contributed by atoms with Gasteiger partial charge in [-0.05, 0) is 37.9 Å². The lowest BCUT2D eigenvalue weighted by atomic mass is 9.98. The molecule has 0 radical (unpaired) electrons. The number of nitrogens with zero attached hydrogens (tertiary/aromatic N) is 6. The standard InChI is InChI=1S/C18H31N7/c1-3-23-9-4-6-16(15-23)14-22-17(19-2)24-10-12-25(13-11-24)18-20-7-5-8-21-18/h5,7-8,16H,3-4,6,9-15H2,1-2H3,(H,19,22). The van der Waals surface area contributed by atoms with Crippen molar-refractivity contribution in [3.05, 3.63) is 18.5 Å². The van der Waals surface area contributed by atoms with Crippen LogP contribution in [0.15, 0.2) is 23.5 Å². The molecule has 2 aliphatic heterocycles. The van der Waals surface area contributed by atoms with Crippen molar-refractivity contribution in [1.82, 2.24) is 25.1 Å². The maximum Gasteiger partial charge on any atom is 0.225 e. The number of aliphatic imine (C=N–C) groups is 1. The summed E-state index contributed by atoms with van der Waals surface area (Å²) in [4.78, 5) is 20.3. The van der Waals surface area contributed by atoms with Gasteiger partial charge >= 0.3 is 0 Å². The number of piperidine rings is 1. The molecule has 7 heteroatoms. The molecule has 0 aromatic carbocycles. The van der Waals surface area contributed by atoms with Crippen molar-refractivity contribution in [2.45, 2.75) is 19.8 Å². The third kappa shape index (κ3) is 4.81. The predicted molar refractivity (Wildman–Crippen MR) is 102 cm³/mol. The summed E-state index contributed by atoms with van der Waals surface area (Å²) in [7, 11) is 1.88. The Bertz CT molecular complexity index is 540. The molecule has 0 spiro atoms. The Morgan fingerprint density at radius 3 is 2.64 bits per heavy atom. The van der Waals surface area contributed by atoms with Crippen molar-refractivity contribution in [3.63, 3.8) is 0 Å². The topological polar surface area (TPSA) is 59.9 Å². The summed E-state index contributed by atoms with van der Waals surface area (Å²) in [6.07, 6.45) is 6.24. The molecule has 1 unspecified atom stereocenters. The number of rotatable bonds is 4. The van der Waals surface area contributed by atoms with Gasteiger partial charge in [0.1, 0.15) is 0 Å². The summed E-state index contributed by atoms with van der Waals surface area (Å²) < 4.78 is 0. The zero-order valence-electron chi connectivity index (χ0n) is 15.6. The molecule has 1 aromatic heterocycles. The third-order valence-corrected chi connectivity index (χ3v) is 5.23. The largest absolute Gasteiger partial charge is 0.356 e. The number of hydrogen-bond donors (Lipinski definition) is 1. The molecule has 0 saturated carbocycles. The lowest BCUT2D eigenvalue weighted by Crippen LogP contribution is -2.54. The molecule has 1 N–H and O–H groups in total. The Labute approximate surface area is 151 Å². The van der Waals surface area contributed by atoms with E-state index in [0.717, 1.165) is 57.1 Å². The number of nitrogens with one attached hydrogen (secondary N) is 1. The van der Waals surface area contributed by atoms with Crippen LogP contribution in [0.25, 0.3) is 0 Å². The van der Waals surface area contributed by atoms with Gasteiger partial charge in [-0.15, -0.1) is 0 Å². The van der Waals surface area contributed by atoms with Crippen LogP contribution >= 0.6 is 0 Å². The van der Waals surface area contributed by atoms with Gasteiger partial charge in [-0.1, -0.05) is 6.92 Å². The van der Waals surface area contributed by atoms with Crippen molar-refractivity contribution in [1.29, 1.82) is 0 Å². The predicted octanol–water partition coefficient (Wildman–Crippen LogP) is 0.906. The molecule has 3 heterocycles. The highest BCUT2D eigenvalue weighted by atomic mass is 15.4. The van der Waals surface area contributed by atoms with E-state index >= 15 is 0 Å². The van der Waals surface area contributed by atoms with Gasteiger partial charge < -0.3 is 20.0 Å². The summed E-state index contributed by atoms with van der Waals surface area (Å²) in [5.41, 5.74) is 0. The average molecular weight is 345 g/mol. The summed E-state index contributed by atoms with van der Waals surface area (Å²) in [5, 5.41) is 3.61. The first-order valence-corrected chi connectivity index (χ1v) is 9.50. The van der Waals surface area contributed by atoms with Crippen LogP contribution in [0.5, 0.6) is 0 Å². The fraction of sp³-hybridized carbons (Fsp3) is 0.722. The number of piperazine rings is 1. The summed E-state index contributed by atoms with van der Waals surface area (Å²) in [6.45, 7) is 10.7. The van der Waals surface area contributed by atoms with E-state index in [0.29, 0.717) is 0 Å². The third-order valence-electron chi connectivity index (χ3n) is 5.23. The zero-order chi connectivity index (χ0) is 17.5. The van der Waals surface area contributed by atoms with Gasteiger partial charge in [0.05, 0.1) is 0 Å². The van der Waals surface area contributed by atoms with Crippen molar-refractivity contribution in [2.24, 2.45) is 10.9 Å². The molecule has 2 fully saturated rings. The Kier molecular flexibility index (Phi) is 6.44. The van der Waals surface area contributed by atoms with Gasteiger partial charge in [-0.3, -0.25) is 4.99 Å². The minimum atomic E-state index is 0.726. The molecular weight excluding hydrogens is 314 g/mol. The number of guanidine groups is 1. The van der Waals surface area contributed by atoms with Crippen LogP contribution < -0.4 is 10.2 Å². The van der Waals surface area contributed by atoms with Gasteiger partial charge in [-0.2, -0.15) is 0 Å².